The lowest BCUT2D eigenvalue weighted by Gasteiger charge is -2.09. The third kappa shape index (κ3) is 5.73. The van der Waals surface area contributed by atoms with Crippen LogP contribution < -0.4 is 14.9 Å². The fourth-order valence-electron chi connectivity index (χ4n) is 2.45. The van der Waals surface area contributed by atoms with Crippen molar-refractivity contribution in [3.05, 3.63) is 93.5 Å². The molecule has 5 nitrogen and oxygen atoms in total. The van der Waals surface area contributed by atoms with E-state index in [1.54, 1.807) is 67.9 Å². The fourth-order valence-corrected chi connectivity index (χ4v) is 2.95. The smallest absolute Gasteiger partial charge is 0.271 e. The van der Waals surface area contributed by atoms with Gasteiger partial charge in [0.2, 0.25) is 0 Å². The van der Waals surface area contributed by atoms with Gasteiger partial charge in [-0.3, -0.25) is 4.79 Å². The molecular weight excluding hydrogens is 411 g/mol. The molecule has 29 heavy (non-hydrogen) atoms. The van der Waals surface area contributed by atoms with Crippen LogP contribution in [0.4, 0.5) is 0 Å². The number of ether oxygens (including phenoxy) is 2. The van der Waals surface area contributed by atoms with E-state index in [0.717, 1.165) is 11.1 Å². The van der Waals surface area contributed by atoms with Crippen molar-refractivity contribution in [2.24, 2.45) is 5.10 Å². The Kier molecular flexibility index (Phi) is 7.11. The third-order valence-electron chi connectivity index (χ3n) is 4.06. The molecule has 0 bridgehead atoms. The molecule has 0 aromatic heterocycles. The zero-order valence-corrected chi connectivity index (χ0v) is 17.1. The minimum absolute atomic E-state index is 0.268. The van der Waals surface area contributed by atoms with E-state index in [1.165, 1.54) is 0 Å². The van der Waals surface area contributed by atoms with Crippen LogP contribution >= 0.6 is 23.2 Å². The first-order valence-electron chi connectivity index (χ1n) is 8.70. The molecule has 0 unspecified atom stereocenters. The van der Waals surface area contributed by atoms with E-state index < -0.39 is 0 Å². The highest BCUT2D eigenvalue weighted by Gasteiger charge is 2.06. The first-order chi connectivity index (χ1) is 14.1. The lowest BCUT2D eigenvalue weighted by Crippen LogP contribution is -2.17. The van der Waals surface area contributed by atoms with Crippen LogP contribution in [-0.2, 0) is 6.61 Å². The van der Waals surface area contributed by atoms with Crippen LogP contribution in [0.25, 0.3) is 0 Å². The Morgan fingerprint density at radius 1 is 0.966 bits per heavy atom. The summed E-state index contributed by atoms with van der Waals surface area (Å²) in [5.41, 5.74) is 4.53. The summed E-state index contributed by atoms with van der Waals surface area (Å²) in [6.45, 7) is 0.268. The van der Waals surface area contributed by atoms with Crippen molar-refractivity contribution in [2.75, 3.05) is 7.11 Å². The van der Waals surface area contributed by atoms with E-state index >= 15 is 0 Å². The highest BCUT2D eigenvalue weighted by Crippen LogP contribution is 2.25. The summed E-state index contributed by atoms with van der Waals surface area (Å²) in [7, 11) is 1.57. The molecule has 1 amide bonds. The predicted molar refractivity (Wildman–Crippen MR) is 115 cm³/mol. The third-order valence-corrected chi connectivity index (χ3v) is 4.77. The molecule has 0 aliphatic carbocycles. The van der Waals surface area contributed by atoms with Crippen molar-refractivity contribution in [2.45, 2.75) is 6.61 Å². The van der Waals surface area contributed by atoms with Crippen molar-refractivity contribution in [1.29, 1.82) is 0 Å². The van der Waals surface area contributed by atoms with Crippen LogP contribution in [0, 0.1) is 0 Å². The maximum absolute atomic E-state index is 12.1. The number of hydrogen-bond acceptors (Lipinski definition) is 4. The lowest BCUT2D eigenvalue weighted by molar-refractivity contribution is 0.0955. The average molecular weight is 429 g/mol. The summed E-state index contributed by atoms with van der Waals surface area (Å²) < 4.78 is 10.8. The van der Waals surface area contributed by atoms with E-state index in [9.17, 15) is 4.79 Å². The molecule has 0 atom stereocenters. The van der Waals surface area contributed by atoms with Gasteiger partial charge in [0.15, 0.2) is 0 Å². The van der Waals surface area contributed by atoms with E-state index in [-0.39, 0.29) is 12.5 Å². The molecule has 7 heteroatoms. The van der Waals surface area contributed by atoms with E-state index in [4.69, 9.17) is 32.7 Å². The number of carbonyl (C=O) groups excluding carboxylic acids is 1. The maximum Gasteiger partial charge on any atom is 0.271 e. The summed E-state index contributed by atoms with van der Waals surface area (Å²) >= 11 is 12.3. The van der Waals surface area contributed by atoms with Crippen LogP contribution in [0.1, 0.15) is 21.5 Å². The van der Waals surface area contributed by atoms with E-state index in [1.807, 2.05) is 12.1 Å². The highest BCUT2D eigenvalue weighted by molar-refractivity contribution is 6.35. The van der Waals surface area contributed by atoms with E-state index in [0.29, 0.717) is 27.1 Å². The summed E-state index contributed by atoms with van der Waals surface area (Å²) in [5, 5.41) is 5.10. The Labute approximate surface area is 178 Å². The van der Waals surface area contributed by atoms with Gasteiger partial charge in [-0.15, -0.1) is 0 Å². The Morgan fingerprint density at radius 3 is 2.21 bits per heavy atom. The number of hydrogen-bond donors (Lipinski definition) is 1. The number of benzene rings is 3. The van der Waals surface area contributed by atoms with Crippen LogP contribution in [0.15, 0.2) is 71.8 Å². The molecule has 0 heterocycles. The number of amides is 1. The van der Waals surface area contributed by atoms with Gasteiger partial charge in [0.05, 0.1) is 13.3 Å². The van der Waals surface area contributed by atoms with Gasteiger partial charge >= 0.3 is 0 Å². The second-order valence-electron chi connectivity index (χ2n) is 5.99. The normalized spacial score (nSPS) is 10.7. The Bertz CT molecular complexity index is 983. The molecular formula is C22H18Cl2N2O3. The van der Waals surface area contributed by atoms with Gasteiger partial charge in [0, 0.05) is 21.2 Å². The Hall–Kier alpha value is -3.02. The average Bonchev–Trinajstić information content (AvgIpc) is 2.74. The van der Waals surface area contributed by atoms with Gasteiger partial charge in [-0.05, 0) is 66.2 Å². The first kappa shape index (κ1) is 20.7. The second kappa shape index (κ2) is 9.96. The fraction of sp³-hybridized carbons (Fsp3) is 0.0909. The Balaban J connectivity index is 1.53. The topological polar surface area (TPSA) is 59.9 Å². The first-order valence-corrected chi connectivity index (χ1v) is 9.45. The molecule has 0 aliphatic rings. The van der Waals surface area contributed by atoms with Gasteiger partial charge in [-0.1, -0.05) is 29.3 Å². The number of rotatable bonds is 7. The number of halogens is 2. The molecule has 0 fully saturated rings. The quantitative estimate of drug-likeness (QED) is 0.407. The second-order valence-corrected chi connectivity index (χ2v) is 6.80. The molecule has 0 radical (unpaired) electrons. The summed E-state index contributed by atoms with van der Waals surface area (Å²) in [6.07, 6.45) is 1.55. The number of carbonyl (C=O) groups is 1. The van der Waals surface area contributed by atoms with Crippen molar-refractivity contribution in [3.8, 4) is 11.5 Å². The number of nitrogens with one attached hydrogen (secondary N) is 1. The van der Waals surface area contributed by atoms with Crippen LogP contribution in [-0.4, -0.2) is 19.2 Å². The molecule has 148 valence electrons. The highest BCUT2D eigenvalue weighted by atomic mass is 35.5. The zero-order chi connectivity index (χ0) is 20.6. The lowest BCUT2D eigenvalue weighted by atomic mass is 10.2. The minimum Gasteiger partial charge on any atom is -0.497 e. The summed E-state index contributed by atoms with van der Waals surface area (Å²) in [4.78, 5) is 12.1. The van der Waals surface area contributed by atoms with Crippen molar-refractivity contribution < 1.29 is 14.3 Å². The molecule has 0 aliphatic heterocycles. The number of nitrogens with zero attached hydrogens (tertiary/aromatic N) is 1. The van der Waals surface area contributed by atoms with E-state index in [2.05, 4.69) is 10.5 Å². The number of hydrazone groups is 1. The largest absolute Gasteiger partial charge is 0.497 e. The maximum atomic E-state index is 12.1. The molecule has 0 saturated carbocycles. The summed E-state index contributed by atoms with van der Waals surface area (Å²) in [6, 6.07) is 19.4. The van der Waals surface area contributed by atoms with Gasteiger partial charge in [0.1, 0.15) is 18.1 Å². The molecule has 0 saturated heterocycles. The van der Waals surface area contributed by atoms with Gasteiger partial charge < -0.3 is 9.47 Å². The molecule has 3 rings (SSSR count). The SMILES string of the molecule is COc1ccc(C(=O)N/N=C\c2ccc(OCc3c(Cl)cccc3Cl)cc2)cc1. The van der Waals surface area contributed by atoms with Gasteiger partial charge in [-0.25, -0.2) is 5.43 Å². The molecule has 3 aromatic carbocycles. The zero-order valence-electron chi connectivity index (χ0n) is 15.6. The van der Waals surface area contributed by atoms with Crippen molar-refractivity contribution in [3.63, 3.8) is 0 Å². The minimum atomic E-state index is -0.305. The Morgan fingerprint density at radius 2 is 1.59 bits per heavy atom. The summed E-state index contributed by atoms with van der Waals surface area (Å²) in [5.74, 6) is 1.05. The van der Waals surface area contributed by atoms with Gasteiger partial charge in [-0.2, -0.15) is 5.10 Å². The monoisotopic (exact) mass is 428 g/mol. The van der Waals surface area contributed by atoms with Crippen LogP contribution in [0.3, 0.4) is 0 Å². The number of methoxy groups -OCH3 is 1. The van der Waals surface area contributed by atoms with Crippen LogP contribution in [0.5, 0.6) is 11.5 Å². The van der Waals surface area contributed by atoms with Crippen LogP contribution in [0.2, 0.25) is 10.0 Å². The molecule has 1 N–H and O–H groups in total. The van der Waals surface area contributed by atoms with Gasteiger partial charge in [0.25, 0.3) is 5.91 Å². The van der Waals surface area contributed by atoms with Crippen molar-refractivity contribution in [1.82, 2.24) is 5.43 Å². The van der Waals surface area contributed by atoms with Crippen molar-refractivity contribution >= 4 is 35.3 Å². The molecule has 3 aromatic rings. The molecule has 0 spiro atoms. The standard InChI is InChI=1S/C22H18Cl2N2O3/c1-28-17-11-7-16(8-12-17)22(27)26-25-13-15-5-9-18(10-6-15)29-14-19-20(23)3-2-4-21(19)24/h2-13H,14H2,1H3,(H,26,27)/b25-13-. The predicted octanol–water partition coefficient (Wildman–Crippen LogP) is 5.34.